The summed E-state index contributed by atoms with van der Waals surface area (Å²) in [4.78, 5) is 1.15. The molecule has 86 valence electrons. The Balaban J connectivity index is 1.80. The van der Waals surface area contributed by atoms with Crippen LogP contribution in [0, 0.1) is 11.8 Å². The van der Waals surface area contributed by atoms with Crippen molar-refractivity contribution < 1.29 is 4.74 Å². The van der Waals surface area contributed by atoms with Crippen molar-refractivity contribution in [1.82, 2.24) is 0 Å². The van der Waals surface area contributed by atoms with Crippen molar-refractivity contribution in [1.29, 1.82) is 0 Å². The van der Waals surface area contributed by atoms with Gasteiger partial charge in [0, 0.05) is 0 Å². The smallest absolute Gasteiger partial charge is 0.108 e. The third-order valence-corrected chi connectivity index (χ3v) is 3.81. The Morgan fingerprint density at radius 3 is 2.88 bits per heavy atom. The molecule has 0 unspecified atom stereocenters. The summed E-state index contributed by atoms with van der Waals surface area (Å²) in [6.45, 7) is 5.00. The normalized spacial score (nSPS) is 15.7. The van der Waals surface area contributed by atoms with Gasteiger partial charge in [0.05, 0.1) is 11.0 Å². The van der Waals surface area contributed by atoms with Crippen LogP contribution in [0.3, 0.4) is 0 Å². The molecule has 1 aromatic rings. The Kier molecular flexibility index (Phi) is 4.04. The summed E-state index contributed by atoms with van der Waals surface area (Å²) in [7, 11) is 0. The Hall–Kier alpha value is -0.780. The quantitative estimate of drug-likeness (QED) is 0.723. The maximum atomic E-state index is 5.58. The zero-order valence-corrected chi connectivity index (χ0v) is 10.8. The van der Waals surface area contributed by atoms with Gasteiger partial charge in [0.2, 0.25) is 0 Å². The van der Waals surface area contributed by atoms with Gasteiger partial charge in [0.25, 0.3) is 0 Å². The van der Waals surface area contributed by atoms with Gasteiger partial charge < -0.3 is 4.74 Å². The molecular formula is C14H18OS. The van der Waals surface area contributed by atoms with Gasteiger partial charge in [-0.3, -0.25) is 0 Å². The predicted octanol–water partition coefficient (Wildman–Crippen LogP) is 3.79. The maximum Gasteiger partial charge on any atom is 0.108 e. The first-order chi connectivity index (χ1) is 7.75. The molecule has 1 aliphatic rings. The Bertz CT molecular complexity index is 390. The standard InChI is InChI=1S/C14H18OS/c1-11(2)12-9-14(16-10-12)7-4-8-15-13-5-3-6-13/h9-11,13H,3,5-6,8H2,1-2H3. The van der Waals surface area contributed by atoms with Crippen LogP contribution in [0.5, 0.6) is 0 Å². The summed E-state index contributed by atoms with van der Waals surface area (Å²) in [6, 6.07) is 2.19. The largest absolute Gasteiger partial charge is 0.366 e. The van der Waals surface area contributed by atoms with Gasteiger partial charge in [0.15, 0.2) is 0 Å². The number of hydrogen-bond acceptors (Lipinski definition) is 2. The second kappa shape index (κ2) is 5.52. The molecule has 1 heterocycles. The SMILES string of the molecule is CC(C)c1csc(C#CCOC2CCC2)c1. The molecule has 0 aliphatic heterocycles. The summed E-state index contributed by atoms with van der Waals surface area (Å²) in [5.41, 5.74) is 1.38. The van der Waals surface area contributed by atoms with E-state index in [0.717, 1.165) is 4.88 Å². The lowest BCUT2D eigenvalue weighted by Crippen LogP contribution is -2.21. The van der Waals surface area contributed by atoms with E-state index in [4.69, 9.17) is 4.74 Å². The van der Waals surface area contributed by atoms with E-state index in [9.17, 15) is 0 Å². The van der Waals surface area contributed by atoms with E-state index in [-0.39, 0.29) is 0 Å². The van der Waals surface area contributed by atoms with Crippen LogP contribution >= 0.6 is 11.3 Å². The van der Waals surface area contributed by atoms with Crippen LogP contribution in [0.25, 0.3) is 0 Å². The molecule has 0 radical (unpaired) electrons. The minimum atomic E-state index is 0.490. The van der Waals surface area contributed by atoms with Crippen molar-refractivity contribution in [3.05, 3.63) is 21.9 Å². The summed E-state index contributed by atoms with van der Waals surface area (Å²) >= 11 is 1.73. The number of thiophene rings is 1. The molecular weight excluding hydrogens is 216 g/mol. The minimum absolute atomic E-state index is 0.490. The molecule has 1 aromatic heterocycles. The fourth-order valence-corrected chi connectivity index (χ4v) is 2.48. The first kappa shape index (κ1) is 11.7. The topological polar surface area (TPSA) is 9.23 Å². The molecule has 1 fully saturated rings. The molecule has 1 saturated carbocycles. The third kappa shape index (κ3) is 3.10. The number of hydrogen-bond donors (Lipinski definition) is 0. The van der Waals surface area contributed by atoms with Crippen molar-refractivity contribution in [2.24, 2.45) is 0 Å². The molecule has 0 saturated heterocycles. The van der Waals surface area contributed by atoms with Crippen LogP contribution in [0.4, 0.5) is 0 Å². The lowest BCUT2D eigenvalue weighted by Gasteiger charge is -2.24. The lowest BCUT2D eigenvalue weighted by atomic mass is 9.96. The molecule has 0 bridgehead atoms. The van der Waals surface area contributed by atoms with Crippen molar-refractivity contribution >= 4 is 11.3 Å². The zero-order valence-electron chi connectivity index (χ0n) is 9.95. The van der Waals surface area contributed by atoms with Crippen LogP contribution < -0.4 is 0 Å². The Morgan fingerprint density at radius 1 is 1.50 bits per heavy atom. The predicted molar refractivity (Wildman–Crippen MR) is 68.9 cm³/mol. The fourth-order valence-electron chi connectivity index (χ4n) is 1.54. The van der Waals surface area contributed by atoms with E-state index in [1.807, 2.05) is 0 Å². The van der Waals surface area contributed by atoms with Gasteiger partial charge in [-0.1, -0.05) is 25.7 Å². The van der Waals surface area contributed by atoms with Gasteiger partial charge >= 0.3 is 0 Å². The average Bonchev–Trinajstić information content (AvgIpc) is 2.63. The minimum Gasteiger partial charge on any atom is -0.366 e. The summed E-state index contributed by atoms with van der Waals surface area (Å²) in [5, 5.41) is 2.20. The van der Waals surface area contributed by atoms with Gasteiger partial charge in [-0.2, -0.15) is 0 Å². The summed E-state index contributed by atoms with van der Waals surface area (Å²) in [5.74, 6) is 6.85. The highest BCUT2D eigenvalue weighted by atomic mass is 32.1. The van der Waals surface area contributed by atoms with Crippen LogP contribution in [0.1, 0.15) is 49.5 Å². The van der Waals surface area contributed by atoms with Gasteiger partial charge in [-0.15, -0.1) is 11.3 Å². The highest BCUT2D eigenvalue weighted by molar-refractivity contribution is 7.10. The monoisotopic (exact) mass is 234 g/mol. The fraction of sp³-hybridized carbons (Fsp3) is 0.571. The van der Waals surface area contributed by atoms with E-state index in [2.05, 4.69) is 37.1 Å². The highest BCUT2D eigenvalue weighted by Crippen LogP contribution is 2.22. The molecule has 2 rings (SSSR count). The van der Waals surface area contributed by atoms with Gasteiger partial charge in [-0.25, -0.2) is 0 Å². The molecule has 0 N–H and O–H groups in total. The first-order valence-electron chi connectivity index (χ1n) is 5.94. The average molecular weight is 234 g/mol. The molecule has 1 nitrogen and oxygen atoms in total. The molecule has 2 heteroatoms. The van der Waals surface area contributed by atoms with E-state index in [1.165, 1.54) is 24.8 Å². The first-order valence-corrected chi connectivity index (χ1v) is 6.82. The maximum absolute atomic E-state index is 5.58. The van der Waals surface area contributed by atoms with E-state index in [1.54, 1.807) is 11.3 Å². The second-order valence-electron chi connectivity index (χ2n) is 4.56. The van der Waals surface area contributed by atoms with Gasteiger partial charge in [-0.05, 0) is 42.2 Å². The van der Waals surface area contributed by atoms with E-state index < -0.39 is 0 Å². The van der Waals surface area contributed by atoms with Crippen molar-refractivity contribution in [3.63, 3.8) is 0 Å². The van der Waals surface area contributed by atoms with E-state index in [0.29, 0.717) is 18.6 Å². The Labute approximate surface area is 102 Å². The molecule has 0 aromatic carbocycles. The number of rotatable bonds is 3. The van der Waals surface area contributed by atoms with Crippen LogP contribution in [0.2, 0.25) is 0 Å². The Morgan fingerprint density at radius 2 is 2.31 bits per heavy atom. The van der Waals surface area contributed by atoms with Crippen LogP contribution in [-0.2, 0) is 4.74 Å². The summed E-state index contributed by atoms with van der Waals surface area (Å²) < 4.78 is 5.58. The van der Waals surface area contributed by atoms with Crippen LogP contribution in [-0.4, -0.2) is 12.7 Å². The molecule has 0 amide bonds. The molecule has 16 heavy (non-hydrogen) atoms. The lowest BCUT2D eigenvalue weighted by molar-refractivity contribution is 0.0217. The highest BCUT2D eigenvalue weighted by Gasteiger charge is 2.16. The zero-order chi connectivity index (χ0) is 11.4. The number of ether oxygens (including phenoxy) is 1. The van der Waals surface area contributed by atoms with E-state index >= 15 is 0 Å². The van der Waals surface area contributed by atoms with Crippen molar-refractivity contribution in [2.75, 3.05) is 6.61 Å². The second-order valence-corrected chi connectivity index (χ2v) is 5.48. The molecule has 0 spiro atoms. The molecule has 1 aliphatic carbocycles. The van der Waals surface area contributed by atoms with Crippen LogP contribution in [0.15, 0.2) is 11.4 Å². The van der Waals surface area contributed by atoms with Crippen molar-refractivity contribution in [2.45, 2.75) is 45.1 Å². The van der Waals surface area contributed by atoms with Gasteiger partial charge in [0.1, 0.15) is 6.61 Å². The molecule has 0 atom stereocenters. The summed E-state index contributed by atoms with van der Waals surface area (Å²) in [6.07, 6.45) is 4.25. The third-order valence-electron chi connectivity index (χ3n) is 2.94. The van der Waals surface area contributed by atoms with Crippen molar-refractivity contribution in [3.8, 4) is 11.8 Å².